The number of aromatic nitrogens is 8. The van der Waals surface area contributed by atoms with Crippen LogP contribution in [0.4, 0.5) is 99.2 Å². The summed E-state index contributed by atoms with van der Waals surface area (Å²) in [6.45, 7) is 17.5. The quantitative estimate of drug-likeness (QED) is 0.0368. The third kappa shape index (κ3) is 21.0. The third-order valence-corrected chi connectivity index (χ3v) is 19.8. The van der Waals surface area contributed by atoms with Gasteiger partial charge in [0.2, 0.25) is 17.8 Å². The van der Waals surface area contributed by atoms with Crippen LogP contribution in [0.3, 0.4) is 0 Å². The Labute approximate surface area is 540 Å². The zero-order valence-electron chi connectivity index (χ0n) is 50.7. The summed E-state index contributed by atoms with van der Waals surface area (Å²) in [7, 11) is -7.28. The maximum absolute atomic E-state index is 13.5. The van der Waals surface area contributed by atoms with E-state index in [0.29, 0.717) is 60.9 Å². The Kier molecular flexibility index (Phi) is 22.5. The van der Waals surface area contributed by atoms with Crippen molar-refractivity contribution in [2.24, 2.45) is 0 Å². The first-order valence-corrected chi connectivity index (χ1v) is 36.9. The van der Waals surface area contributed by atoms with Crippen LogP contribution in [-0.4, -0.2) is 80.1 Å². The molecule has 0 saturated carbocycles. The molecule has 5 N–H and O–H groups in total. The van der Waals surface area contributed by atoms with Crippen molar-refractivity contribution >= 4 is 119 Å². The molecule has 0 aliphatic rings. The molecule has 0 spiro atoms. The van der Waals surface area contributed by atoms with Crippen LogP contribution < -0.4 is 37.2 Å². The number of aryl methyl sites for hydroxylation is 1. The summed E-state index contributed by atoms with van der Waals surface area (Å²) in [5.41, 5.74) is -1.24. The number of aromatic amines is 1. The van der Waals surface area contributed by atoms with Crippen LogP contribution in [-0.2, 0) is 43.8 Å². The van der Waals surface area contributed by atoms with Crippen LogP contribution >= 0.6 is 56.6 Å². The van der Waals surface area contributed by atoms with Crippen LogP contribution in [0.15, 0.2) is 160 Å². The molecule has 15 nitrogen and oxygen atoms in total. The molecule has 5 aromatic carbocycles. The van der Waals surface area contributed by atoms with Crippen molar-refractivity contribution < 1.29 is 66.4 Å². The van der Waals surface area contributed by atoms with Gasteiger partial charge in [-0.2, -0.15) is 62.8 Å². The minimum Gasteiger partial charge on any atom is -0.324 e. The van der Waals surface area contributed by atoms with Gasteiger partial charge in [-0.3, -0.25) is 5.10 Å². The summed E-state index contributed by atoms with van der Waals surface area (Å²) in [4.78, 5) is 23.8. The van der Waals surface area contributed by atoms with Crippen molar-refractivity contribution in [1.82, 2.24) is 40.1 Å². The van der Waals surface area contributed by atoms with Gasteiger partial charge in [-0.15, -0.1) is 0 Å². The van der Waals surface area contributed by atoms with Gasteiger partial charge in [0.05, 0.1) is 5.56 Å². The molecule has 4 heterocycles. The van der Waals surface area contributed by atoms with Crippen molar-refractivity contribution in [1.29, 1.82) is 0 Å². The van der Waals surface area contributed by atoms with E-state index in [1.54, 1.807) is 144 Å². The minimum absolute atomic E-state index is 0.0222. The Bertz CT molecular complexity index is 4250. The fourth-order valence-electron chi connectivity index (χ4n) is 7.81. The van der Waals surface area contributed by atoms with Gasteiger partial charge in [-0.05, 0) is 162 Å². The predicted molar refractivity (Wildman–Crippen MR) is 344 cm³/mol. The second-order valence-electron chi connectivity index (χ2n) is 22.5. The normalized spacial score (nSPS) is 12.5. The lowest BCUT2D eigenvalue weighted by atomic mass is 9.92. The maximum Gasteiger partial charge on any atom is 0.421 e. The van der Waals surface area contributed by atoms with E-state index < -0.39 is 79.2 Å². The molecule has 0 aliphatic carbocycles. The number of H-pyrrole nitrogens is 1. The molecule has 0 unspecified atom stereocenters. The molecular weight excluding hydrogens is 1360 g/mol. The summed E-state index contributed by atoms with van der Waals surface area (Å²) in [5, 5.41) is 19.8. The molecule has 33 heteroatoms. The minimum atomic E-state index is -4.80. The van der Waals surface area contributed by atoms with E-state index in [9.17, 15) is 66.4 Å². The van der Waals surface area contributed by atoms with Gasteiger partial charge in [-0.1, -0.05) is 62.0 Å². The van der Waals surface area contributed by atoms with Gasteiger partial charge in [0.1, 0.15) is 54.0 Å². The van der Waals surface area contributed by atoms with E-state index in [0.717, 1.165) is 53.6 Å². The highest BCUT2D eigenvalue weighted by Crippen LogP contribution is 2.44. The summed E-state index contributed by atoms with van der Waals surface area (Å²) in [5.74, 6) is -0.366. The Morgan fingerprint density at radius 1 is 0.473 bits per heavy atom. The van der Waals surface area contributed by atoms with Crippen LogP contribution in [0.5, 0.6) is 0 Å². The molecule has 0 aliphatic heterocycles. The monoisotopic (exact) mass is 1410 g/mol. The number of anilines is 8. The lowest BCUT2D eigenvalue weighted by Crippen LogP contribution is -2.13. The standard InChI is InChI=1S/C20H18ClF3N3OPS.C20H16F6N3OPS.C20H24F3N6OP/c1-12-10-13(21)4-9-17(12)30-18-16(20(22,23)24)11-25-19(27-18)26-14-5-7-15(8-6-14)29(2,3)28;1-31(2,30)14-8-6-13(7-9-14)28-18-27-11-16(20(24,25)26)17(29-18)32-15-5-3-4-12(10-15)19(21,22)23;1-19(2,3)15-10-16(29-28-15)26-17-14(20(21,22)23)11-24-18(27-17)25-12-6-8-13(9-7-12)31(4,5)30/h4-11H,1-3H3,(H,25,26,27);3-11H,1-2H3,(H,27,28,29);6-11H,1-5H3,(H3,24,25,26,27,28,29). The van der Waals surface area contributed by atoms with Gasteiger partial charge in [-0.25, -0.2) is 24.9 Å². The number of alkyl halides is 12. The lowest BCUT2D eigenvalue weighted by molar-refractivity contribution is -0.141. The van der Waals surface area contributed by atoms with Gasteiger partial charge in [0.15, 0.2) is 5.82 Å². The van der Waals surface area contributed by atoms with Crippen molar-refractivity contribution in [3.05, 3.63) is 178 Å². The third-order valence-electron chi connectivity index (χ3n) is 12.8. The molecule has 9 aromatic rings. The topological polar surface area (TPSA) is 205 Å². The highest BCUT2D eigenvalue weighted by molar-refractivity contribution is 7.99. The average molecular weight is 1420 g/mol. The lowest BCUT2D eigenvalue weighted by Gasteiger charge is -2.15. The van der Waals surface area contributed by atoms with Crippen LogP contribution in [0.1, 0.15) is 54.3 Å². The molecule has 4 aromatic heterocycles. The van der Waals surface area contributed by atoms with Gasteiger partial charge >= 0.3 is 24.7 Å². The smallest absolute Gasteiger partial charge is 0.324 e. The summed E-state index contributed by atoms with van der Waals surface area (Å²) in [6, 6.07) is 30.5. The van der Waals surface area contributed by atoms with Gasteiger partial charge in [0.25, 0.3) is 0 Å². The predicted octanol–water partition coefficient (Wildman–Crippen LogP) is 18.5. The number of hydrogen-bond donors (Lipinski definition) is 5. The summed E-state index contributed by atoms with van der Waals surface area (Å²) in [6.07, 6.45) is -16.6. The van der Waals surface area contributed by atoms with Gasteiger partial charge in [0, 0.05) is 83.6 Å². The zero-order valence-corrected chi connectivity index (χ0v) is 55.8. The second kappa shape index (κ2) is 28.7. The molecule has 0 atom stereocenters. The first-order valence-electron chi connectivity index (χ1n) is 27.1. The molecule has 0 bridgehead atoms. The Morgan fingerprint density at radius 2 is 0.882 bits per heavy atom. The van der Waals surface area contributed by atoms with Crippen molar-refractivity contribution in [3.8, 4) is 0 Å². The van der Waals surface area contributed by atoms with Crippen LogP contribution in [0.25, 0.3) is 0 Å². The molecule has 0 saturated heterocycles. The fourth-order valence-corrected chi connectivity index (χ4v) is 12.6. The molecule has 0 fully saturated rings. The molecular formula is C60H58ClF12N12O3P3S2. The Hall–Kier alpha value is -7.41. The number of benzene rings is 5. The van der Waals surface area contributed by atoms with E-state index in [1.165, 1.54) is 6.07 Å². The SMILES string of the molecule is CC(C)(C)c1cc(Nc2nc(Nc3ccc(P(C)(C)=O)cc3)ncc2C(F)(F)F)n[nH]1.CP(C)(=O)c1ccc(Nc2ncc(C(F)(F)F)c(Sc3cccc(C(F)(F)F)c3)n2)cc1.Cc1cc(Cl)ccc1Sc1nc(Nc2ccc(P(C)(C)=O)cc2)ncc1C(F)(F)F. The van der Waals surface area contributed by atoms with Crippen molar-refractivity contribution in [3.63, 3.8) is 0 Å². The van der Waals surface area contributed by atoms with Crippen molar-refractivity contribution in [2.45, 2.75) is 77.7 Å². The Morgan fingerprint density at radius 3 is 1.26 bits per heavy atom. The van der Waals surface area contributed by atoms with E-state index in [-0.39, 0.29) is 39.0 Å². The summed E-state index contributed by atoms with van der Waals surface area (Å²) >= 11 is 7.29. The van der Waals surface area contributed by atoms with Crippen molar-refractivity contribution in [2.75, 3.05) is 61.3 Å². The largest absolute Gasteiger partial charge is 0.421 e. The number of nitrogens with one attached hydrogen (secondary N) is 5. The van der Waals surface area contributed by atoms with E-state index >= 15 is 0 Å². The zero-order chi connectivity index (χ0) is 68.9. The van der Waals surface area contributed by atoms with Crippen LogP contribution in [0.2, 0.25) is 5.02 Å². The number of nitrogens with zero attached hydrogens (tertiary/aromatic N) is 7. The molecule has 0 radical (unpaired) electrons. The first-order chi connectivity index (χ1) is 42.9. The molecule has 0 amide bonds. The first kappa shape index (κ1) is 73.0. The highest BCUT2D eigenvalue weighted by atomic mass is 35.5. The second-order valence-corrected chi connectivity index (χ2v) is 34.7. The number of hydrogen-bond acceptors (Lipinski definition) is 16. The van der Waals surface area contributed by atoms with E-state index in [4.69, 9.17) is 11.6 Å². The van der Waals surface area contributed by atoms with Crippen LogP contribution in [0, 0.1) is 6.92 Å². The van der Waals surface area contributed by atoms with Gasteiger partial charge < -0.3 is 35.0 Å². The van der Waals surface area contributed by atoms with E-state index in [2.05, 4.69) is 61.4 Å². The molecule has 9 rings (SSSR count). The number of rotatable bonds is 15. The molecule has 93 heavy (non-hydrogen) atoms. The molecule has 494 valence electrons. The maximum atomic E-state index is 13.5. The average Bonchev–Trinajstić information content (AvgIpc) is 1.38. The number of halogens is 13. The van der Waals surface area contributed by atoms with E-state index in [1.807, 2.05) is 20.8 Å². The summed E-state index contributed by atoms with van der Waals surface area (Å²) < 4.78 is 196. The Balaban J connectivity index is 0.000000198. The highest BCUT2D eigenvalue weighted by Gasteiger charge is 2.39. The fraction of sp³-hybridized carbons (Fsp3) is 0.250.